The minimum absolute atomic E-state index is 0.414. The van der Waals surface area contributed by atoms with Crippen molar-refractivity contribution in [1.29, 1.82) is 0 Å². The van der Waals surface area contributed by atoms with Gasteiger partial charge in [-0.1, -0.05) is 31.2 Å². The van der Waals surface area contributed by atoms with Crippen LogP contribution in [0.3, 0.4) is 0 Å². The summed E-state index contributed by atoms with van der Waals surface area (Å²) in [5, 5.41) is 11.0. The second-order valence-corrected chi connectivity index (χ2v) is 5.40. The largest absolute Gasteiger partial charge is 0.354 e. The molecule has 0 bridgehead atoms. The van der Waals surface area contributed by atoms with Gasteiger partial charge in [0.1, 0.15) is 0 Å². The van der Waals surface area contributed by atoms with E-state index in [1.54, 1.807) is 13.2 Å². The van der Waals surface area contributed by atoms with Crippen LogP contribution in [0.5, 0.6) is 0 Å². The number of nitrogens with one attached hydrogen (secondary N) is 2. The minimum Gasteiger partial charge on any atom is -0.354 e. The van der Waals surface area contributed by atoms with E-state index in [2.05, 4.69) is 58.8 Å². The number of benzene rings is 1. The quantitative estimate of drug-likeness (QED) is 0.636. The van der Waals surface area contributed by atoms with Crippen molar-refractivity contribution in [3.8, 4) is 0 Å². The zero-order chi connectivity index (χ0) is 15.8. The maximum absolute atomic E-state index is 4.25. The van der Waals surface area contributed by atoms with Crippen LogP contribution in [0.2, 0.25) is 0 Å². The Kier molecular flexibility index (Phi) is 6.01. The lowest BCUT2D eigenvalue weighted by atomic mass is 10.1. The molecule has 0 aliphatic heterocycles. The molecule has 118 valence electrons. The van der Waals surface area contributed by atoms with E-state index in [-0.39, 0.29) is 0 Å². The summed E-state index contributed by atoms with van der Waals surface area (Å²) in [6, 6.07) is 10.9. The van der Waals surface area contributed by atoms with Crippen LogP contribution in [0.25, 0.3) is 0 Å². The molecule has 0 aliphatic carbocycles. The summed E-state index contributed by atoms with van der Waals surface area (Å²) < 4.78 is 1.93. The summed E-state index contributed by atoms with van der Waals surface area (Å²) >= 11 is 0. The number of hydrogen-bond acceptors (Lipinski definition) is 2. The molecular formula is C17H25N5. The van der Waals surface area contributed by atoms with Crippen molar-refractivity contribution in [2.24, 2.45) is 4.99 Å². The lowest BCUT2D eigenvalue weighted by molar-refractivity contribution is 0.624. The maximum Gasteiger partial charge on any atom is 0.191 e. The molecule has 0 radical (unpaired) electrons. The first-order valence-corrected chi connectivity index (χ1v) is 7.73. The van der Waals surface area contributed by atoms with Crippen LogP contribution < -0.4 is 10.6 Å². The van der Waals surface area contributed by atoms with Gasteiger partial charge in [-0.05, 0) is 30.5 Å². The predicted octanol–water partition coefficient (Wildman–Crippen LogP) is 2.39. The Morgan fingerprint density at radius 3 is 2.82 bits per heavy atom. The Bertz CT molecular complexity index is 589. The van der Waals surface area contributed by atoms with Crippen molar-refractivity contribution in [3.05, 3.63) is 53.9 Å². The Labute approximate surface area is 132 Å². The van der Waals surface area contributed by atoms with Crippen molar-refractivity contribution >= 4 is 5.96 Å². The third-order valence-electron chi connectivity index (χ3n) is 3.57. The van der Waals surface area contributed by atoms with E-state index in [1.807, 2.05) is 16.9 Å². The summed E-state index contributed by atoms with van der Waals surface area (Å²) in [4.78, 5) is 4.25. The third kappa shape index (κ3) is 4.91. The Morgan fingerprint density at radius 2 is 2.14 bits per heavy atom. The van der Waals surface area contributed by atoms with E-state index >= 15 is 0 Å². The number of aromatic nitrogens is 2. The molecule has 0 amide bonds. The van der Waals surface area contributed by atoms with Gasteiger partial charge < -0.3 is 10.6 Å². The Morgan fingerprint density at radius 1 is 1.32 bits per heavy atom. The monoisotopic (exact) mass is 299 g/mol. The normalized spacial score (nSPS) is 13.0. The van der Waals surface area contributed by atoms with Crippen molar-refractivity contribution in [3.63, 3.8) is 0 Å². The molecule has 0 saturated carbocycles. The van der Waals surface area contributed by atoms with Crippen molar-refractivity contribution in [2.45, 2.75) is 39.4 Å². The molecule has 2 rings (SSSR count). The lowest BCUT2D eigenvalue weighted by Crippen LogP contribution is -2.41. The van der Waals surface area contributed by atoms with E-state index < -0.39 is 0 Å². The van der Waals surface area contributed by atoms with E-state index in [1.165, 1.54) is 11.1 Å². The van der Waals surface area contributed by atoms with Gasteiger partial charge in [0.05, 0.1) is 6.54 Å². The number of guanidine groups is 1. The highest BCUT2D eigenvalue weighted by molar-refractivity contribution is 5.79. The first-order valence-electron chi connectivity index (χ1n) is 7.73. The van der Waals surface area contributed by atoms with Gasteiger partial charge in [-0.25, -0.2) is 0 Å². The molecule has 22 heavy (non-hydrogen) atoms. The van der Waals surface area contributed by atoms with Crippen molar-refractivity contribution < 1.29 is 0 Å². The van der Waals surface area contributed by atoms with Crippen LogP contribution >= 0.6 is 0 Å². The van der Waals surface area contributed by atoms with Crippen LogP contribution in [-0.2, 0) is 13.1 Å². The number of nitrogens with zero attached hydrogens (tertiary/aromatic N) is 3. The maximum atomic E-state index is 4.25. The highest BCUT2D eigenvalue weighted by Gasteiger charge is 2.03. The van der Waals surface area contributed by atoms with Crippen LogP contribution in [0.15, 0.2) is 47.7 Å². The SMILES string of the molecule is CCC(C)NC(=NC)NCc1cccc(Cn2cccn2)c1. The lowest BCUT2D eigenvalue weighted by Gasteiger charge is -2.16. The van der Waals surface area contributed by atoms with Gasteiger partial charge in [-0.15, -0.1) is 0 Å². The molecule has 2 N–H and O–H groups in total. The number of rotatable bonds is 6. The smallest absolute Gasteiger partial charge is 0.191 e. The summed E-state index contributed by atoms with van der Waals surface area (Å²) in [6.07, 6.45) is 4.85. The molecule has 1 atom stereocenters. The molecule has 2 aromatic rings. The average Bonchev–Trinajstić information content (AvgIpc) is 3.04. The second-order valence-electron chi connectivity index (χ2n) is 5.40. The Hall–Kier alpha value is -2.30. The molecule has 0 saturated heterocycles. The first kappa shape index (κ1) is 16.1. The Balaban J connectivity index is 1.92. The number of aliphatic imine (C=N–C) groups is 1. The fourth-order valence-electron chi connectivity index (χ4n) is 2.13. The standard InChI is InChI=1S/C17H25N5/c1-4-14(2)21-17(18-3)19-12-15-7-5-8-16(11-15)13-22-10-6-9-20-22/h5-11,14H,4,12-13H2,1-3H3,(H2,18,19,21). The number of hydrogen-bond donors (Lipinski definition) is 2. The third-order valence-corrected chi connectivity index (χ3v) is 3.57. The minimum atomic E-state index is 0.414. The van der Waals surface area contributed by atoms with Crippen molar-refractivity contribution in [1.82, 2.24) is 20.4 Å². The van der Waals surface area contributed by atoms with Gasteiger partial charge in [0.15, 0.2) is 5.96 Å². The summed E-state index contributed by atoms with van der Waals surface area (Å²) in [5.74, 6) is 0.840. The highest BCUT2D eigenvalue weighted by Crippen LogP contribution is 2.07. The molecule has 1 unspecified atom stereocenters. The molecule has 0 fully saturated rings. The van der Waals surface area contributed by atoms with E-state index in [0.29, 0.717) is 6.04 Å². The fourth-order valence-corrected chi connectivity index (χ4v) is 2.13. The van der Waals surface area contributed by atoms with Gasteiger partial charge in [0.25, 0.3) is 0 Å². The molecule has 1 aromatic heterocycles. The topological polar surface area (TPSA) is 54.2 Å². The fraction of sp³-hybridized carbons (Fsp3) is 0.412. The van der Waals surface area contributed by atoms with Gasteiger partial charge in [-0.2, -0.15) is 5.10 Å². The van der Waals surface area contributed by atoms with Gasteiger partial charge in [0.2, 0.25) is 0 Å². The molecule has 5 nitrogen and oxygen atoms in total. The second kappa shape index (κ2) is 8.22. The summed E-state index contributed by atoms with van der Waals surface area (Å²) in [6.45, 7) is 5.85. The van der Waals surface area contributed by atoms with E-state index in [9.17, 15) is 0 Å². The van der Waals surface area contributed by atoms with Gasteiger partial charge in [-0.3, -0.25) is 9.67 Å². The molecule has 5 heteroatoms. The molecule has 0 spiro atoms. The van der Waals surface area contributed by atoms with Crippen LogP contribution in [0.1, 0.15) is 31.4 Å². The van der Waals surface area contributed by atoms with E-state index in [0.717, 1.165) is 25.5 Å². The zero-order valence-electron chi connectivity index (χ0n) is 13.6. The van der Waals surface area contributed by atoms with E-state index in [4.69, 9.17) is 0 Å². The first-order chi connectivity index (χ1) is 10.7. The van der Waals surface area contributed by atoms with Gasteiger partial charge >= 0.3 is 0 Å². The average molecular weight is 299 g/mol. The summed E-state index contributed by atoms with van der Waals surface area (Å²) in [7, 11) is 1.80. The van der Waals surface area contributed by atoms with Gasteiger partial charge in [0, 0.05) is 32.0 Å². The molecule has 0 aliphatic rings. The molecular weight excluding hydrogens is 274 g/mol. The predicted molar refractivity (Wildman–Crippen MR) is 90.9 cm³/mol. The van der Waals surface area contributed by atoms with Crippen LogP contribution in [0, 0.1) is 0 Å². The van der Waals surface area contributed by atoms with Crippen molar-refractivity contribution in [2.75, 3.05) is 7.05 Å². The molecule has 1 heterocycles. The van der Waals surface area contributed by atoms with Crippen LogP contribution in [0.4, 0.5) is 0 Å². The zero-order valence-corrected chi connectivity index (χ0v) is 13.6. The molecule has 1 aromatic carbocycles. The summed E-state index contributed by atoms with van der Waals surface area (Å²) in [5.41, 5.74) is 2.48. The highest BCUT2D eigenvalue weighted by atomic mass is 15.3. The van der Waals surface area contributed by atoms with Crippen LogP contribution in [-0.4, -0.2) is 28.8 Å².